The van der Waals surface area contributed by atoms with Crippen molar-refractivity contribution in [2.24, 2.45) is 0 Å². The van der Waals surface area contributed by atoms with Gasteiger partial charge in [0.25, 0.3) is 0 Å². The highest BCUT2D eigenvalue weighted by molar-refractivity contribution is 6.31. The molecule has 6 heteroatoms. The molecule has 0 aliphatic rings. The van der Waals surface area contributed by atoms with E-state index in [9.17, 15) is 9.59 Å². The van der Waals surface area contributed by atoms with Crippen molar-refractivity contribution in [3.05, 3.63) is 35.0 Å². The van der Waals surface area contributed by atoms with E-state index in [1.54, 1.807) is 12.3 Å². The van der Waals surface area contributed by atoms with Crippen molar-refractivity contribution in [3.63, 3.8) is 0 Å². The molecule has 0 atom stereocenters. The highest BCUT2D eigenvalue weighted by atomic mass is 35.5. The Morgan fingerprint density at radius 2 is 2.00 bits per heavy atom. The van der Waals surface area contributed by atoms with E-state index in [1.165, 1.54) is 0 Å². The van der Waals surface area contributed by atoms with Gasteiger partial charge in [0.15, 0.2) is 0 Å². The molecule has 5 nitrogen and oxygen atoms in total. The van der Waals surface area contributed by atoms with Gasteiger partial charge in [-0.05, 0) is 36.6 Å². The summed E-state index contributed by atoms with van der Waals surface area (Å²) in [5.74, 6) is -1.09. The summed E-state index contributed by atoms with van der Waals surface area (Å²) >= 11 is 6.01. The van der Waals surface area contributed by atoms with E-state index in [-0.39, 0.29) is 18.7 Å². The fourth-order valence-electron chi connectivity index (χ4n) is 2.82. The topological polar surface area (TPSA) is 82.2 Å². The molecule has 0 bridgehead atoms. The largest absolute Gasteiger partial charge is 0.481 e. The third-order valence-corrected chi connectivity index (χ3v) is 4.56. The van der Waals surface area contributed by atoms with Gasteiger partial charge >= 0.3 is 5.97 Å². The molecular weight excluding hydrogens is 316 g/mol. The number of carboxylic acids is 1. The average molecular weight is 337 g/mol. The number of nitrogens with one attached hydrogen (secondary N) is 2. The summed E-state index contributed by atoms with van der Waals surface area (Å²) in [6.45, 7) is 3.77. The number of halogens is 1. The van der Waals surface area contributed by atoms with Gasteiger partial charge in [-0.2, -0.15) is 0 Å². The van der Waals surface area contributed by atoms with Gasteiger partial charge in [-0.15, -0.1) is 0 Å². The van der Waals surface area contributed by atoms with E-state index in [4.69, 9.17) is 16.7 Å². The van der Waals surface area contributed by atoms with Crippen molar-refractivity contribution in [1.29, 1.82) is 0 Å². The Morgan fingerprint density at radius 1 is 1.30 bits per heavy atom. The van der Waals surface area contributed by atoms with Gasteiger partial charge in [0.1, 0.15) is 0 Å². The lowest BCUT2D eigenvalue weighted by molar-refractivity contribution is -0.139. The Kier molecular flexibility index (Phi) is 5.31. The molecule has 0 aliphatic heterocycles. The van der Waals surface area contributed by atoms with Crippen LogP contribution >= 0.6 is 11.6 Å². The Balaban J connectivity index is 2.16. The number of carbonyl (C=O) groups is 2. The second kappa shape index (κ2) is 7.04. The fraction of sp³-hybridized carbons (Fsp3) is 0.412. The Labute approximate surface area is 140 Å². The van der Waals surface area contributed by atoms with E-state index in [0.717, 1.165) is 16.5 Å². The molecular formula is C17H21ClN2O3. The smallest absolute Gasteiger partial charge is 0.305 e. The van der Waals surface area contributed by atoms with E-state index < -0.39 is 11.5 Å². The third-order valence-electron chi connectivity index (χ3n) is 4.33. The number of amides is 1. The fourth-order valence-corrected chi connectivity index (χ4v) is 2.99. The number of aliphatic carboxylic acids is 1. The number of hydrogen-bond acceptors (Lipinski definition) is 2. The zero-order chi connectivity index (χ0) is 17.0. The predicted molar refractivity (Wildman–Crippen MR) is 90.7 cm³/mol. The lowest BCUT2D eigenvalue weighted by Crippen LogP contribution is -2.49. The molecule has 0 saturated carbocycles. The maximum Gasteiger partial charge on any atom is 0.305 e. The molecule has 1 aromatic carbocycles. The third kappa shape index (κ3) is 4.05. The number of aromatic nitrogens is 1. The Bertz CT molecular complexity index is 720. The zero-order valence-electron chi connectivity index (χ0n) is 13.3. The molecule has 1 aromatic heterocycles. The van der Waals surface area contributed by atoms with Crippen molar-refractivity contribution in [2.75, 3.05) is 0 Å². The molecule has 1 heterocycles. The quantitative estimate of drug-likeness (QED) is 0.723. The van der Waals surface area contributed by atoms with Crippen LogP contribution in [0.1, 0.15) is 38.7 Å². The summed E-state index contributed by atoms with van der Waals surface area (Å²) in [5, 5.41) is 13.5. The van der Waals surface area contributed by atoms with E-state index in [0.29, 0.717) is 17.9 Å². The summed E-state index contributed by atoms with van der Waals surface area (Å²) in [6.07, 6.45) is 3.03. The van der Waals surface area contributed by atoms with Crippen molar-refractivity contribution >= 4 is 34.4 Å². The van der Waals surface area contributed by atoms with Gasteiger partial charge in [-0.25, -0.2) is 0 Å². The summed E-state index contributed by atoms with van der Waals surface area (Å²) in [7, 11) is 0. The lowest BCUT2D eigenvalue weighted by atomic mass is 9.88. The molecule has 2 rings (SSSR count). The molecule has 0 aliphatic carbocycles. The molecule has 1 amide bonds. The highest BCUT2D eigenvalue weighted by Gasteiger charge is 2.31. The summed E-state index contributed by atoms with van der Waals surface area (Å²) < 4.78 is 0. The van der Waals surface area contributed by atoms with Gasteiger partial charge in [-0.1, -0.05) is 25.4 Å². The first-order valence-electron chi connectivity index (χ1n) is 7.67. The number of fused-ring (bicyclic) bond motifs is 1. The molecule has 23 heavy (non-hydrogen) atoms. The standard InChI is InChI=1S/C17H21ClN2O3/c1-3-17(4-2,9-16(22)23)20-15(21)7-11-10-19-14-6-5-12(18)8-13(11)14/h5-6,8,10,19H,3-4,7,9H2,1-2H3,(H,20,21)(H,22,23). The van der Waals surface area contributed by atoms with Crippen molar-refractivity contribution in [3.8, 4) is 0 Å². The summed E-state index contributed by atoms with van der Waals surface area (Å²) in [6, 6.07) is 5.47. The number of rotatable bonds is 7. The second-order valence-electron chi connectivity index (χ2n) is 5.79. The molecule has 3 N–H and O–H groups in total. The molecule has 0 fully saturated rings. The van der Waals surface area contributed by atoms with Gasteiger partial charge in [0, 0.05) is 27.7 Å². The lowest BCUT2D eigenvalue weighted by Gasteiger charge is -2.31. The van der Waals surface area contributed by atoms with Crippen LogP contribution in [0.15, 0.2) is 24.4 Å². The number of carboxylic acid groups (broad SMARTS) is 1. The van der Waals surface area contributed by atoms with Crippen LogP contribution in [0.4, 0.5) is 0 Å². The van der Waals surface area contributed by atoms with Crippen LogP contribution in [0.5, 0.6) is 0 Å². The van der Waals surface area contributed by atoms with Crippen LogP contribution in [-0.4, -0.2) is 27.5 Å². The van der Waals surface area contributed by atoms with Gasteiger partial charge in [-0.3, -0.25) is 9.59 Å². The van der Waals surface area contributed by atoms with Crippen molar-refractivity contribution in [2.45, 2.75) is 45.1 Å². The molecule has 0 saturated heterocycles. The van der Waals surface area contributed by atoms with Crippen LogP contribution in [0.3, 0.4) is 0 Å². The van der Waals surface area contributed by atoms with Crippen molar-refractivity contribution in [1.82, 2.24) is 10.3 Å². The van der Waals surface area contributed by atoms with Crippen LogP contribution in [0, 0.1) is 0 Å². The number of carbonyl (C=O) groups excluding carboxylic acids is 1. The zero-order valence-corrected chi connectivity index (χ0v) is 14.0. The number of benzene rings is 1. The predicted octanol–water partition coefficient (Wildman–Crippen LogP) is 3.51. The molecule has 0 spiro atoms. The SMILES string of the molecule is CCC(CC)(CC(=O)O)NC(=O)Cc1c[nH]c2ccc(Cl)cc12. The van der Waals surface area contributed by atoms with Gasteiger partial charge < -0.3 is 15.4 Å². The number of hydrogen-bond donors (Lipinski definition) is 3. The minimum atomic E-state index is -0.909. The van der Waals surface area contributed by atoms with Crippen LogP contribution < -0.4 is 5.32 Å². The first-order valence-corrected chi connectivity index (χ1v) is 8.05. The Morgan fingerprint density at radius 3 is 2.61 bits per heavy atom. The van der Waals surface area contributed by atoms with E-state index in [2.05, 4.69) is 10.3 Å². The van der Waals surface area contributed by atoms with Gasteiger partial charge in [0.05, 0.1) is 12.8 Å². The minimum absolute atomic E-state index is 0.0779. The van der Waals surface area contributed by atoms with Crippen LogP contribution in [-0.2, 0) is 16.0 Å². The van der Waals surface area contributed by atoms with Crippen LogP contribution in [0.2, 0.25) is 5.02 Å². The summed E-state index contributed by atoms with van der Waals surface area (Å²) in [5.41, 5.74) is 1.06. The molecule has 0 unspecified atom stereocenters. The highest BCUT2D eigenvalue weighted by Crippen LogP contribution is 2.24. The maximum atomic E-state index is 12.4. The maximum absolute atomic E-state index is 12.4. The average Bonchev–Trinajstić information content (AvgIpc) is 2.88. The normalized spacial score (nSPS) is 11.6. The van der Waals surface area contributed by atoms with Crippen molar-refractivity contribution < 1.29 is 14.7 Å². The number of aromatic amines is 1. The molecule has 0 radical (unpaired) electrons. The Hall–Kier alpha value is -2.01. The van der Waals surface area contributed by atoms with E-state index in [1.807, 2.05) is 26.0 Å². The summed E-state index contributed by atoms with van der Waals surface area (Å²) in [4.78, 5) is 26.6. The first-order chi connectivity index (χ1) is 10.9. The molecule has 2 aromatic rings. The van der Waals surface area contributed by atoms with E-state index >= 15 is 0 Å². The minimum Gasteiger partial charge on any atom is -0.481 e. The first kappa shape index (κ1) is 17.3. The number of H-pyrrole nitrogens is 1. The van der Waals surface area contributed by atoms with Gasteiger partial charge in [0.2, 0.25) is 5.91 Å². The molecule has 124 valence electrons. The monoisotopic (exact) mass is 336 g/mol. The van der Waals surface area contributed by atoms with Crippen LogP contribution in [0.25, 0.3) is 10.9 Å². The second-order valence-corrected chi connectivity index (χ2v) is 6.22.